The molecule has 1 aromatic heterocycles. The van der Waals surface area contributed by atoms with Crippen LogP contribution in [0.2, 0.25) is 0 Å². The average molecular weight is 127 g/mol. The lowest BCUT2D eigenvalue weighted by Crippen LogP contribution is -1.97. The summed E-state index contributed by atoms with van der Waals surface area (Å²) in [5.41, 5.74) is 5.64. The third-order valence-electron chi connectivity index (χ3n) is 0.840. The Morgan fingerprint density at radius 1 is 1.56 bits per heavy atom. The minimum absolute atomic E-state index is 0.0208. The van der Waals surface area contributed by atoms with Crippen molar-refractivity contribution in [3.63, 3.8) is 0 Å². The number of nitrogens with two attached hydrogens (primary N) is 1. The number of halogens is 1. The zero-order chi connectivity index (χ0) is 6.85. The van der Waals surface area contributed by atoms with Crippen LogP contribution in [0.25, 0.3) is 0 Å². The van der Waals surface area contributed by atoms with Gasteiger partial charge >= 0.3 is 0 Å². The van der Waals surface area contributed by atoms with Gasteiger partial charge in [-0.2, -0.15) is 9.37 Å². The first kappa shape index (κ1) is 5.94. The molecule has 0 saturated heterocycles. The van der Waals surface area contributed by atoms with Crippen LogP contribution in [0.1, 0.15) is 5.69 Å². The first-order chi connectivity index (χ1) is 4.18. The molecule has 0 radical (unpaired) electrons. The normalized spacial score (nSPS) is 9.56. The molecule has 0 spiro atoms. The maximum absolute atomic E-state index is 12.2. The van der Waals surface area contributed by atoms with Gasteiger partial charge in [-0.05, 0) is 6.92 Å². The largest absolute Gasteiger partial charge is 0.368 e. The van der Waals surface area contributed by atoms with E-state index in [-0.39, 0.29) is 5.95 Å². The fourth-order valence-electron chi connectivity index (χ4n) is 0.552. The van der Waals surface area contributed by atoms with E-state index >= 15 is 0 Å². The van der Waals surface area contributed by atoms with Gasteiger partial charge in [0.1, 0.15) is 0 Å². The molecule has 1 aromatic rings. The molecule has 0 fully saturated rings. The number of rotatable bonds is 0. The summed E-state index contributed by atoms with van der Waals surface area (Å²) in [4.78, 5) is 6.90. The Labute approximate surface area is 51.7 Å². The second kappa shape index (κ2) is 1.97. The van der Waals surface area contributed by atoms with Crippen LogP contribution in [-0.2, 0) is 0 Å². The molecule has 9 heavy (non-hydrogen) atoms. The Morgan fingerprint density at radius 2 is 2.22 bits per heavy atom. The topological polar surface area (TPSA) is 51.8 Å². The summed E-state index contributed by atoms with van der Waals surface area (Å²) in [6.45, 7) is 1.65. The lowest BCUT2D eigenvalue weighted by molar-refractivity contribution is 0.580. The SMILES string of the molecule is Cc1cc(F)nc(N)n1. The van der Waals surface area contributed by atoms with Crippen LogP contribution in [0.4, 0.5) is 10.3 Å². The summed E-state index contributed by atoms with van der Waals surface area (Å²) < 4.78 is 12.2. The minimum Gasteiger partial charge on any atom is -0.368 e. The van der Waals surface area contributed by atoms with Gasteiger partial charge in [0.15, 0.2) is 0 Å². The van der Waals surface area contributed by atoms with Crippen molar-refractivity contribution in [1.29, 1.82) is 0 Å². The number of nitrogen functional groups attached to an aromatic ring is 1. The molecule has 0 bridgehead atoms. The van der Waals surface area contributed by atoms with Crippen LogP contribution in [-0.4, -0.2) is 9.97 Å². The fourth-order valence-corrected chi connectivity index (χ4v) is 0.552. The Balaban J connectivity index is 3.17. The molecular weight excluding hydrogens is 121 g/mol. The summed E-state index contributed by atoms with van der Waals surface area (Å²) in [6.07, 6.45) is 0. The van der Waals surface area contributed by atoms with E-state index in [1.165, 1.54) is 6.07 Å². The lowest BCUT2D eigenvalue weighted by atomic mass is 10.4. The van der Waals surface area contributed by atoms with Crippen LogP contribution in [0.3, 0.4) is 0 Å². The monoisotopic (exact) mass is 127 g/mol. The Hall–Kier alpha value is -1.19. The molecule has 0 amide bonds. The summed E-state index contributed by atoms with van der Waals surface area (Å²) in [7, 11) is 0. The quantitative estimate of drug-likeness (QED) is 0.516. The van der Waals surface area contributed by atoms with E-state index in [1.807, 2.05) is 0 Å². The van der Waals surface area contributed by atoms with E-state index < -0.39 is 5.95 Å². The molecule has 1 heterocycles. The van der Waals surface area contributed by atoms with Crippen LogP contribution in [0.15, 0.2) is 6.07 Å². The van der Waals surface area contributed by atoms with Crippen LogP contribution in [0, 0.1) is 12.9 Å². The van der Waals surface area contributed by atoms with Crippen molar-refractivity contribution in [2.75, 3.05) is 5.73 Å². The van der Waals surface area contributed by atoms with E-state index in [1.54, 1.807) is 6.92 Å². The molecule has 2 N–H and O–H groups in total. The molecule has 48 valence electrons. The van der Waals surface area contributed by atoms with Gasteiger partial charge in [0.25, 0.3) is 0 Å². The molecular formula is C5H6FN3. The highest BCUT2D eigenvalue weighted by atomic mass is 19.1. The number of anilines is 1. The average Bonchev–Trinajstić information content (AvgIpc) is 1.59. The summed E-state index contributed by atoms with van der Waals surface area (Å²) in [5.74, 6) is -0.604. The van der Waals surface area contributed by atoms with E-state index in [0.717, 1.165) is 0 Å². The molecule has 1 rings (SSSR count). The van der Waals surface area contributed by atoms with Crippen molar-refractivity contribution in [2.45, 2.75) is 6.92 Å². The fraction of sp³-hybridized carbons (Fsp3) is 0.200. The second-order valence-electron chi connectivity index (χ2n) is 1.69. The zero-order valence-electron chi connectivity index (χ0n) is 4.93. The van der Waals surface area contributed by atoms with Gasteiger partial charge in [-0.25, -0.2) is 4.98 Å². The van der Waals surface area contributed by atoms with Gasteiger partial charge in [-0.3, -0.25) is 0 Å². The molecule has 0 unspecified atom stereocenters. The maximum Gasteiger partial charge on any atom is 0.222 e. The number of hydrogen-bond acceptors (Lipinski definition) is 3. The molecule has 0 saturated carbocycles. The third kappa shape index (κ3) is 1.35. The zero-order valence-corrected chi connectivity index (χ0v) is 4.93. The number of nitrogens with zero attached hydrogens (tertiary/aromatic N) is 2. The van der Waals surface area contributed by atoms with E-state index in [4.69, 9.17) is 5.73 Å². The number of hydrogen-bond donors (Lipinski definition) is 1. The van der Waals surface area contributed by atoms with Gasteiger partial charge < -0.3 is 5.73 Å². The Morgan fingerprint density at radius 3 is 2.67 bits per heavy atom. The summed E-state index contributed by atoms with van der Waals surface area (Å²) in [5, 5.41) is 0. The highest BCUT2D eigenvalue weighted by Crippen LogP contribution is 1.97. The highest BCUT2D eigenvalue weighted by Gasteiger charge is 1.94. The van der Waals surface area contributed by atoms with Crippen molar-refractivity contribution in [2.24, 2.45) is 0 Å². The number of aromatic nitrogens is 2. The van der Waals surface area contributed by atoms with Crippen LogP contribution < -0.4 is 5.73 Å². The van der Waals surface area contributed by atoms with Gasteiger partial charge in [0.2, 0.25) is 11.9 Å². The second-order valence-corrected chi connectivity index (χ2v) is 1.69. The highest BCUT2D eigenvalue weighted by molar-refractivity contribution is 5.16. The molecule has 0 aromatic carbocycles. The third-order valence-corrected chi connectivity index (χ3v) is 0.840. The molecule has 3 nitrogen and oxygen atoms in total. The molecule has 0 atom stereocenters. The van der Waals surface area contributed by atoms with Crippen molar-refractivity contribution in [1.82, 2.24) is 9.97 Å². The number of aryl methyl sites for hydroxylation is 1. The smallest absolute Gasteiger partial charge is 0.222 e. The molecule has 0 aliphatic rings. The van der Waals surface area contributed by atoms with Crippen LogP contribution >= 0.6 is 0 Å². The molecule has 0 aliphatic carbocycles. The van der Waals surface area contributed by atoms with Gasteiger partial charge in [-0.15, -0.1) is 0 Å². The first-order valence-electron chi connectivity index (χ1n) is 2.45. The van der Waals surface area contributed by atoms with Crippen molar-refractivity contribution in [3.8, 4) is 0 Å². The van der Waals surface area contributed by atoms with Crippen molar-refractivity contribution < 1.29 is 4.39 Å². The van der Waals surface area contributed by atoms with E-state index in [0.29, 0.717) is 5.69 Å². The van der Waals surface area contributed by atoms with E-state index in [2.05, 4.69) is 9.97 Å². The van der Waals surface area contributed by atoms with Crippen LogP contribution in [0.5, 0.6) is 0 Å². The van der Waals surface area contributed by atoms with E-state index in [9.17, 15) is 4.39 Å². The predicted octanol–water partition coefficient (Wildman–Crippen LogP) is 0.506. The van der Waals surface area contributed by atoms with Crippen molar-refractivity contribution in [3.05, 3.63) is 17.7 Å². The summed E-state index contributed by atoms with van der Waals surface area (Å²) in [6, 6.07) is 1.22. The maximum atomic E-state index is 12.2. The molecule has 4 heteroatoms. The Bertz CT molecular complexity index is 173. The predicted molar refractivity (Wildman–Crippen MR) is 31.1 cm³/mol. The first-order valence-corrected chi connectivity index (χ1v) is 2.45. The van der Waals surface area contributed by atoms with Gasteiger partial charge in [0.05, 0.1) is 0 Å². The standard InChI is InChI=1S/C5H6FN3/c1-3-2-4(6)9-5(7)8-3/h2H,1H3,(H2,7,8,9). The lowest BCUT2D eigenvalue weighted by Gasteiger charge is -1.92. The van der Waals surface area contributed by atoms with Gasteiger partial charge in [-0.1, -0.05) is 0 Å². The van der Waals surface area contributed by atoms with Gasteiger partial charge in [0, 0.05) is 11.8 Å². The minimum atomic E-state index is -0.583. The molecule has 0 aliphatic heterocycles. The van der Waals surface area contributed by atoms with Crippen molar-refractivity contribution >= 4 is 5.95 Å². The Kier molecular flexibility index (Phi) is 1.30. The summed E-state index contributed by atoms with van der Waals surface area (Å²) >= 11 is 0.